The molecule has 5 rings (SSSR count). The standard InChI is InChI=1S/C25H22FN3O3S/c26-22-11-3-1-8-19(22)17-28-23-12-4-2-7-18(23)15-24(28)25(30)27-20-9-5-10-21(16-20)29-13-6-14-33(29,31)32/h1-5,7-12,15-16H,6,13-14,17H2,(H,27,30). The molecule has 1 aliphatic heterocycles. The molecule has 0 aliphatic carbocycles. The molecule has 1 fully saturated rings. The van der Waals surface area contributed by atoms with Crippen LogP contribution < -0.4 is 9.62 Å². The molecule has 1 saturated heterocycles. The lowest BCUT2D eigenvalue weighted by Crippen LogP contribution is -2.25. The molecule has 4 aromatic rings. The Hall–Kier alpha value is -3.65. The van der Waals surface area contributed by atoms with Crippen molar-refractivity contribution in [1.82, 2.24) is 4.57 Å². The second-order valence-electron chi connectivity index (χ2n) is 8.01. The van der Waals surface area contributed by atoms with Gasteiger partial charge in [-0.1, -0.05) is 42.5 Å². The zero-order valence-corrected chi connectivity index (χ0v) is 18.6. The second-order valence-corrected chi connectivity index (χ2v) is 10.0. The van der Waals surface area contributed by atoms with Crippen molar-refractivity contribution in [2.24, 2.45) is 0 Å². The van der Waals surface area contributed by atoms with Gasteiger partial charge >= 0.3 is 0 Å². The number of fused-ring (bicyclic) bond motifs is 1. The van der Waals surface area contributed by atoms with Crippen LogP contribution in [-0.4, -0.2) is 31.2 Å². The van der Waals surface area contributed by atoms with Crippen LogP contribution in [0.1, 0.15) is 22.5 Å². The number of nitrogens with one attached hydrogen (secondary N) is 1. The van der Waals surface area contributed by atoms with E-state index in [1.165, 1.54) is 10.4 Å². The summed E-state index contributed by atoms with van der Waals surface area (Å²) in [6.07, 6.45) is 0.578. The number of hydrogen-bond donors (Lipinski definition) is 1. The molecule has 2 heterocycles. The van der Waals surface area contributed by atoms with Gasteiger partial charge in [0.2, 0.25) is 10.0 Å². The van der Waals surface area contributed by atoms with E-state index in [2.05, 4.69) is 5.32 Å². The fourth-order valence-electron chi connectivity index (χ4n) is 4.23. The number of carbonyl (C=O) groups excluding carboxylic acids is 1. The number of hydrogen-bond acceptors (Lipinski definition) is 3. The minimum Gasteiger partial charge on any atom is -0.332 e. The van der Waals surface area contributed by atoms with Crippen LogP contribution in [0, 0.1) is 5.82 Å². The maximum absolute atomic E-state index is 14.3. The smallest absolute Gasteiger partial charge is 0.272 e. The summed E-state index contributed by atoms with van der Waals surface area (Å²) in [6, 6.07) is 22.6. The van der Waals surface area contributed by atoms with Gasteiger partial charge in [-0.15, -0.1) is 0 Å². The molecule has 1 amide bonds. The molecule has 0 spiro atoms. The van der Waals surface area contributed by atoms with E-state index in [0.29, 0.717) is 35.6 Å². The number of rotatable bonds is 5. The predicted octanol–water partition coefficient (Wildman–Crippen LogP) is 4.62. The third-order valence-corrected chi connectivity index (χ3v) is 7.69. The van der Waals surface area contributed by atoms with Gasteiger partial charge in [-0.25, -0.2) is 12.8 Å². The van der Waals surface area contributed by atoms with Gasteiger partial charge in [0.05, 0.1) is 18.0 Å². The summed E-state index contributed by atoms with van der Waals surface area (Å²) in [4.78, 5) is 13.3. The summed E-state index contributed by atoms with van der Waals surface area (Å²) >= 11 is 0. The molecule has 0 atom stereocenters. The monoisotopic (exact) mass is 463 g/mol. The number of benzene rings is 3. The Balaban J connectivity index is 1.48. The number of aromatic nitrogens is 1. The first kappa shape index (κ1) is 21.2. The lowest BCUT2D eigenvalue weighted by atomic mass is 10.2. The Kier molecular flexibility index (Phi) is 5.38. The highest BCUT2D eigenvalue weighted by molar-refractivity contribution is 7.93. The summed E-state index contributed by atoms with van der Waals surface area (Å²) in [5.41, 5.74) is 2.70. The maximum Gasteiger partial charge on any atom is 0.272 e. The number of carbonyl (C=O) groups is 1. The number of anilines is 2. The summed E-state index contributed by atoms with van der Waals surface area (Å²) in [7, 11) is -3.32. The normalized spacial score (nSPS) is 15.1. The zero-order valence-electron chi connectivity index (χ0n) is 17.7. The minimum absolute atomic E-state index is 0.125. The first-order chi connectivity index (χ1) is 15.9. The van der Waals surface area contributed by atoms with Crippen molar-refractivity contribution in [1.29, 1.82) is 0 Å². The van der Waals surface area contributed by atoms with Crippen LogP contribution in [0.3, 0.4) is 0 Å². The van der Waals surface area contributed by atoms with Crippen molar-refractivity contribution in [2.75, 3.05) is 21.9 Å². The number of nitrogens with zero attached hydrogens (tertiary/aromatic N) is 2. The zero-order chi connectivity index (χ0) is 23.0. The number of sulfonamides is 1. The minimum atomic E-state index is -3.32. The lowest BCUT2D eigenvalue weighted by Gasteiger charge is -2.18. The summed E-state index contributed by atoms with van der Waals surface area (Å²) in [6.45, 7) is 0.631. The fourth-order valence-corrected chi connectivity index (χ4v) is 5.79. The molecule has 8 heteroatoms. The SMILES string of the molecule is O=C(Nc1cccc(N2CCCS2(=O)=O)c1)c1cc2ccccc2n1Cc1ccccc1F. The van der Waals surface area contributed by atoms with E-state index in [1.807, 2.05) is 24.3 Å². The molecule has 33 heavy (non-hydrogen) atoms. The highest BCUT2D eigenvalue weighted by atomic mass is 32.2. The van der Waals surface area contributed by atoms with E-state index in [1.54, 1.807) is 53.1 Å². The average Bonchev–Trinajstić information content (AvgIpc) is 3.35. The molecule has 6 nitrogen and oxygen atoms in total. The maximum atomic E-state index is 14.3. The van der Waals surface area contributed by atoms with Gasteiger partial charge in [0.1, 0.15) is 11.5 Å². The van der Waals surface area contributed by atoms with Crippen molar-refractivity contribution in [3.05, 3.63) is 95.9 Å². The van der Waals surface area contributed by atoms with Crippen LogP contribution in [0.5, 0.6) is 0 Å². The number of halogens is 1. The van der Waals surface area contributed by atoms with Gasteiger partial charge in [0, 0.05) is 28.7 Å². The van der Waals surface area contributed by atoms with E-state index in [4.69, 9.17) is 0 Å². The van der Waals surface area contributed by atoms with Crippen LogP contribution in [0.2, 0.25) is 0 Å². The van der Waals surface area contributed by atoms with Gasteiger partial charge < -0.3 is 9.88 Å². The summed E-state index contributed by atoms with van der Waals surface area (Å²) in [5.74, 6) is -0.565. The van der Waals surface area contributed by atoms with Crippen molar-refractivity contribution < 1.29 is 17.6 Å². The van der Waals surface area contributed by atoms with Crippen molar-refractivity contribution in [3.8, 4) is 0 Å². The van der Waals surface area contributed by atoms with Crippen molar-refractivity contribution in [3.63, 3.8) is 0 Å². The molecule has 0 unspecified atom stereocenters. The molecule has 1 aromatic heterocycles. The summed E-state index contributed by atoms with van der Waals surface area (Å²) in [5, 5.41) is 3.75. The Morgan fingerprint density at radius 1 is 0.970 bits per heavy atom. The number of amides is 1. The van der Waals surface area contributed by atoms with E-state index < -0.39 is 10.0 Å². The lowest BCUT2D eigenvalue weighted by molar-refractivity contribution is 0.101. The van der Waals surface area contributed by atoms with Crippen LogP contribution in [0.25, 0.3) is 10.9 Å². The quantitative estimate of drug-likeness (QED) is 0.469. The van der Waals surface area contributed by atoms with E-state index in [-0.39, 0.29) is 24.0 Å². The van der Waals surface area contributed by atoms with Gasteiger partial charge in [-0.05, 0) is 42.8 Å². The van der Waals surface area contributed by atoms with Crippen molar-refractivity contribution in [2.45, 2.75) is 13.0 Å². The largest absolute Gasteiger partial charge is 0.332 e. The molecule has 168 valence electrons. The molecule has 3 aromatic carbocycles. The second kappa shape index (κ2) is 8.37. The third kappa shape index (κ3) is 4.09. The van der Waals surface area contributed by atoms with Gasteiger partial charge in [-0.2, -0.15) is 0 Å². The van der Waals surface area contributed by atoms with E-state index >= 15 is 0 Å². The predicted molar refractivity (Wildman–Crippen MR) is 128 cm³/mol. The van der Waals surface area contributed by atoms with Crippen LogP contribution in [0.15, 0.2) is 78.9 Å². The van der Waals surface area contributed by atoms with Gasteiger partial charge in [0.15, 0.2) is 0 Å². The van der Waals surface area contributed by atoms with Crippen LogP contribution >= 0.6 is 0 Å². The Bertz CT molecular complexity index is 1460. The molecule has 1 N–H and O–H groups in total. The molecular weight excluding hydrogens is 441 g/mol. The molecule has 1 aliphatic rings. The number of para-hydroxylation sites is 1. The Labute approximate surface area is 191 Å². The van der Waals surface area contributed by atoms with E-state index in [0.717, 1.165) is 10.9 Å². The van der Waals surface area contributed by atoms with E-state index in [9.17, 15) is 17.6 Å². The first-order valence-corrected chi connectivity index (χ1v) is 12.3. The average molecular weight is 464 g/mol. The summed E-state index contributed by atoms with van der Waals surface area (Å²) < 4.78 is 42.0. The Morgan fingerprint density at radius 3 is 2.55 bits per heavy atom. The van der Waals surface area contributed by atoms with Crippen LogP contribution in [-0.2, 0) is 16.6 Å². The highest BCUT2D eigenvalue weighted by Crippen LogP contribution is 2.27. The third-order valence-electron chi connectivity index (χ3n) is 5.82. The van der Waals surface area contributed by atoms with Gasteiger partial charge in [-0.3, -0.25) is 9.10 Å². The van der Waals surface area contributed by atoms with Crippen molar-refractivity contribution >= 4 is 38.2 Å². The van der Waals surface area contributed by atoms with Gasteiger partial charge in [0.25, 0.3) is 5.91 Å². The fraction of sp³-hybridized carbons (Fsp3) is 0.160. The topological polar surface area (TPSA) is 71.4 Å². The molecule has 0 radical (unpaired) electrons. The van der Waals surface area contributed by atoms with Crippen LogP contribution in [0.4, 0.5) is 15.8 Å². The highest BCUT2D eigenvalue weighted by Gasteiger charge is 2.28. The molecular formula is C25H22FN3O3S. The first-order valence-electron chi connectivity index (χ1n) is 10.7. The Morgan fingerprint density at radius 2 is 1.76 bits per heavy atom. The molecule has 0 bridgehead atoms. The molecule has 0 saturated carbocycles.